The molecule has 1 aliphatic heterocycles. The van der Waals surface area contributed by atoms with E-state index in [0.29, 0.717) is 13.1 Å². The molecule has 6 heteroatoms. The molecule has 0 aliphatic carbocycles. The lowest BCUT2D eigenvalue weighted by Gasteiger charge is -2.22. The number of nitrogens with one attached hydrogen (secondary N) is 2. The molecule has 3 nitrogen and oxygen atoms in total. The number of halogens is 3. The SMILES string of the molecule is C[C@H](Cc1ccccc1)NC(=O)[C@@H]1CNC[C@H]1c1ccc(C(F)(F)F)cc1. The van der Waals surface area contributed by atoms with Crippen molar-refractivity contribution in [2.45, 2.75) is 31.5 Å². The summed E-state index contributed by atoms with van der Waals surface area (Å²) in [5, 5.41) is 6.23. The van der Waals surface area contributed by atoms with Gasteiger partial charge in [0.2, 0.25) is 5.91 Å². The van der Waals surface area contributed by atoms with Crippen LogP contribution in [0.25, 0.3) is 0 Å². The van der Waals surface area contributed by atoms with Gasteiger partial charge in [-0.15, -0.1) is 0 Å². The van der Waals surface area contributed by atoms with Crippen LogP contribution in [0.15, 0.2) is 54.6 Å². The average Bonchev–Trinajstić information content (AvgIpc) is 3.12. The maximum absolute atomic E-state index is 12.7. The van der Waals surface area contributed by atoms with Crippen molar-refractivity contribution in [2.75, 3.05) is 13.1 Å². The molecule has 2 N–H and O–H groups in total. The third-order valence-electron chi connectivity index (χ3n) is 4.99. The molecule has 144 valence electrons. The number of hydrogen-bond donors (Lipinski definition) is 2. The molecule has 1 aliphatic rings. The zero-order chi connectivity index (χ0) is 19.4. The Morgan fingerprint density at radius 2 is 1.78 bits per heavy atom. The normalized spacial score (nSPS) is 21.0. The lowest BCUT2D eigenvalue weighted by atomic mass is 9.87. The van der Waals surface area contributed by atoms with Crippen LogP contribution in [0.5, 0.6) is 0 Å². The van der Waals surface area contributed by atoms with Crippen molar-refractivity contribution in [1.29, 1.82) is 0 Å². The first-order valence-corrected chi connectivity index (χ1v) is 9.07. The summed E-state index contributed by atoms with van der Waals surface area (Å²) < 4.78 is 38.2. The number of alkyl halides is 3. The number of amides is 1. The van der Waals surface area contributed by atoms with E-state index in [0.717, 1.165) is 29.7 Å². The van der Waals surface area contributed by atoms with Crippen molar-refractivity contribution in [2.24, 2.45) is 5.92 Å². The van der Waals surface area contributed by atoms with Crippen LogP contribution in [-0.4, -0.2) is 25.0 Å². The summed E-state index contributed by atoms with van der Waals surface area (Å²) in [5.74, 6) is -0.482. The maximum atomic E-state index is 12.7. The highest BCUT2D eigenvalue weighted by atomic mass is 19.4. The Morgan fingerprint density at radius 1 is 1.11 bits per heavy atom. The van der Waals surface area contributed by atoms with Crippen LogP contribution >= 0.6 is 0 Å². The van der Waals surface area contributed by atoms with Crippen molar-refractivity contribution in [3.63, 3.8) is 0 Å². The van der Waals surface area contributed by atoms with Gasteiger partial charge in [-0.2, -0.15) is 13.2 Å². The highest BCUT2D eigenvalue weighted by Crippen LogP contribution is 2.33. The molecule has 0 unspecified atom stereocenters. The quantitative estimate of drug-likeness (QED) is 0.834. The molecular formula is C21H23F3N2O. The third kappa shape index (κ3) is 4.89. The molecule has 3 rings (SSSR count). The summed E-state index contributed by atoms with van der Waals surface area (Å²) in [7, 11) is 0. The van der Waals surface area contributed by atoms with Gasteiger partial charge in [-0.25, -0.2) is 0 Å². The molecule has 0 aromatic heterocycles. The first kappa shape index (κ1) is 19.4. The van der Waals surface area contributed by atoms with Gasteiger partial charge >= 0.3 is 6.18 Å². The van der Waals surface area contributed by atoms with Gasteiger partial charge in [-0.1, -0.05) is 42.5 Å². The number of rotatable bonds is 5. The van der Waals surface area contributed by atoms with E-state index in [4.69, 9.17) is 0 Å². The second kappa shape index (κ2) is 8.13. The monoisotopic (exact) mass is 376 g/mol. The molecule has 2 aromatic rings. The smallest absolute Gasteiger partial charge is 0.353 e. The largest absolute Gasteiger partial charge is 0.416 e. The fourth-order valence-electron chi connectivity index (χ4n) is 3.59. The van der Waals surface area contributed by atoms with E-state index in [1.165, 1.54) is 12.1 Å². The highest BCUT2D eigenvalue weighted by Gasteiger charge is 2.35. The van der Waals surface area contributed by atoms with Crippen molar-refractivity contribution >= 4 is 5.91 Å². The summed E-state index contributed by atoms with van der Waals surface area (Å²) >= 11 is 0. The summed E-state index contributed by atoms with van der Waals surface area (Å²) in [5.41, 5.74) is 1.23. The number of hydrogen-bond acceptors (Lipinski definition) is 2. The fourth-order valence-corrected chi connectivity index (χ4v) is 3.59. The van der Waals surface area contributed by atoms with E-state index in [2.05, 4.69) is 10.6 Å². The Hall–Kier alpha value is -2.34. The minimum Gasteiger partial charge on any atom is -0.353 e. The van der Waals surface area contributed by atoms with E-state index >= 15 is 0 Å². The van der Waals surface area contributed by atoms with Gasteiger partial charge in [0, 0.05) is 25.0 Å². The standard InChI is InChI=1S/C21H23F3N2O/c1-14(11-15-5-3-2-4-6-15)26-20(27)19-13-25-12-18(19)16-7-9-17(10-8-16)21(22,23)24/h2-10,14,18-19,25H,11-13H2,1H3,(H,26,27)/t14-,18+,19-/m1/s1. The highest BCUT2D eigenvalue weighted by molar-refractivity contribution is 5.80. The van der Waals surface area contributed by atoms with Gasteiger partial charge in [0.1, 0.15) is 0 Å². The van der Waals surface area contributed by atoms with Crippen LogP contribution < -0.4 is 10.6 Å². The summed E-state index contributed by atoms with van der Waals surface area (Å²) in [6, 6.07) is 15.0. The number of carbonyl (C=O) groups is 1. The van der Waals surface area contributed by atoms with Crippen LogP contribution in [0, 0.1) is 5.92 Å². The van der Waals surface area contributed by atoms with Gasteiger partial charge in [-0.3, -0.25) is 4.79 Å². The lowest BCUT2D eigenvalue weighted by Crippen LogP contribution is -2.40. The zero-order valence-electron chi connectivity index (χ0n) is 15.1. The Balaban J connectivity index is 1.64. The molecule has 1 heterocycles. The van der Waals surface area contributed by atoms with Gasteiger partial charge in [-0.05, 0) is 36.6 Å². The summed E-state index contributed by atoms with van der Waals surface area (Å²) in [4.78, 5) is 12.7. The summed E-state index contributed by atoms with van der Waals surface area (Å²) in [6.45, 7) is 3.06. The number of carbonyl (C=O) groups excluding carboxylic acids is 1. The van der Waals surface area contributed by atoms with Gasteiger partial charge in [0.25, 0.3) is 0 Å². The Bertz CT molecular complexity index is 759. The maximum Gasteiger partial charge on any atom is 0.416 e. The topological polar surface area (TPSA) is 41.1 Å². The zero-order valence-corrected chi connectivity index (χ0v) is 15.1. The van der Waals surface area contributed by atoms with Crippen LogP contribution in [0.2, 0.25) is 0 Å². The van der Waals surface area contributed by atoms with Crippen molar-refractivity contribution < 1.29 is 18.0 Å². The van der Waals surface area contributed by atoms with E-state index in [1.807, 2.05) is 37.3 Å². The minimum absolute atomic E-state index is 0.0197. The fraction of sp³-hybridized carbons (Fsp3) is 0.381. The van der Waals surface area contributed by atoms with Crippen molar-refractivity contribution in [3.8, 4) is 0 Å². The molecule has 1 amide bonds. The molecule has 3 atom stereocenters. The molecule has 0 saturated carbocycles. The van der Waals surface area contributed by atoms with Crippen LogP contribution in [0.3, 0.4) is 0 Å². The Labute approximate surface area is 157 Å². The van der Waals surface area contributed by atoms with E-state index in [9.17, 15) is 18.0 Å². The second-order valence-corrected chi connectivity index (χ2v) is 7.09. The van der Waals surface area contributed by atoms with Gasteiger partial charge in [0.15, 0.2) is 0 Å². The molecule has 0 spiro atoms. The van der Waals surface area contributed by atoms with E-state index < -0.39 is 11.7 Å². The van der Waals surface area contributed by atoms with Crippen molar-refractivity contribution in [3.05, 3.63) is 71.3 Å². The van der Waals surface area contributed by atoms with E-state index in [-0.39, 0.29) is 23.8 Å². The van der Waals surface area contributed by atoms with Gasteiger partial charge in [0.05, 0.1) is 11.5 Å². The first-order chi connectivity index (χ1) is 12.8. The molecule has 0 radical (unpaired) electrons. The third-order valence-corrected chi connectivity index (χ3v) is 4.99. The second-order valence-electron chi connectivity index (χ2n) is 7.09. The van der Waals surface area contributed by atoms with Gasteiger partial charge < -0.3 is 10.6 Å². The molecule has 27 heavy (non-hydrogen) atoms. The minimum atomic E-state index is -4.35. The molecule has 2 aromatic carbocycles. The summed E-state index contributed by atoms with van der Waals surface area (Å²) in [6.07, 6.45) is -3.62. The predicted molar refractivity (Wildman–Crippen MR) is 98.3 cm³/mol. The molecule has 0 bridgehead atoms. The average molecular weight is 376 g/mol. The van der Waals surface area contributed by atoms with Crippen molar-refractivity contribution in [1.82, 2.24) is 10.6 Å². The van der Waals surface area contributed by atoms with Crippen LogP contribution in [0.4, 0.5) is 13.2 Å². The molecule has 1 saturated heterocycles. The van der Waals surface area contributed by atoms with Crippen LogP contribution in [-0.2, 0) is 17.4 Å². The van der Waals surface area contributed by atoms with E-state index in [1.54, 1.807) is 0 Å². The molecule has 1 fully saturated rings. The Morgan fingerprint density at radius 3 is 2.41 bits per heavy atom. The molecular weight excluding hydrogens is 353 g/mol. The lowest BCUT2D eigenvalue weighted by molar-refractivity contribution is -0.137. The first-order valence-electron chi connectivity index (χ1n) is 9.07. The Kier molecular flexibility index (Phi) is 5.85. The van der Waals surface area contributed by atoms with Crippen LogP contribution in [0.1, 0.15) is 29.5 Å². The predicted octanol–water partition coefficient (Wildman–Crippen LogP) is 3.76. The number of benzene rings is 2.